The lowest BCUT2D eigenvalue weighted by Crippen LogP contribution is -2.17. The van der Waals surface area contributed by atoms with Gasteiger partial charge in [0.1, 0.15) is 5.82 Å². The van der Waals surface area contributed by atoms with Crippen molar-refractivity contribution in [3.63, 3.8) is 0 Å². The maximum atomic E-state index is 12.7. The number of carbonyl (C=O) groups is 1. The molecule has 3 rings (SSSR count). The lowest BCUT2D eigenvalue weighted by molar-refractivity contribution is -0.137. The number of benzene rings is 2. The first kappa shape index (κ1) is 18.6. The van der Waals surface area contributed by atoms with Crippen LogP contribution in [0, 0.1) is 6.92 Å². The van der Waals surface area contributed by atoms with Gasteiger partial charge in [0.15, 0.2) is 0 Å². The summed E-state index contributed by atoms with van der Waals surface area (Å²) < 4.78 is 40.1. The average Bonchev–Trinajstić information content (AvgIpc) is 2.95. The zero-order chi connectivity index (χ0) is 19.6. The number of aromatic nitrogens is 2. The third-order valence-corrected chi connectivity index (χ3v) is 4.11. The minimum atomic E-state index is -4.43. The molecule has 1 aromatic heterocycles. The number of imidazole rings is 1. The predicted molar refractivity (Wildman–Crippen MR) is 96.6 cm³/mol. The summed E-state index contributed by atoms with van der Waals surface area (Å²) in [5, 5.41) is 3.74. The Hall–Kier alpha value is -3.16. The SMILES string of the molecule is CCn1c(C)nc2cc(C(=O)NN=Cc3cccc(C(F)(F)F)c3)ccc21. The second-order valence-electron chi connectivity index (χ2n) is 5.93. The van der Waals surface area contributed by atoms with Crippen molar-refractivity contribution in [2.45, 2.75) is 26.6 Å². The van der Waals surface area contributed by atoms with Gasteiger partial charge in [0.05, 0.1) is 22.8 Å². The molecule has 0 spiro atoms. The molecule has 0 aliphatic heterocycles. The molecule has 1 heterocycles. The van der Waals surface area contributed by atoms with Crippen molar-refractivity contribution in [3.05, 3.63) is 65.0 Å². The molecule has 0 saturated heterocycles. The highest BCUT2D eigenvalue weighted by atomic mass is 19.4. The summed E-state index contributed by atoms with van der Waals surface area (Å²) >= 11 is 0. The van der Waals surface area contributed by atoms with Crippen LogP contribution >= 0.6 is 0 Å². The number of fused-ring (bicyclic) bond motifs is 1. The van der Waals surface area contributed by atoms with Crippen LogP contribution in [0.25, 0.3) is 11.0 Å². The monoisotopic (exact) mass is 374 g/mol. The molecule has 0 radical (unpaired) electrons. The molecule has 0 aliphatic rings. The van der Waals surface area contributed by atoms with Crippen molar-refractivity contribution in [3.8, 4) is 0 Å². The van der Waals surface area contributed by atoms with E-state index in [9.17, 15) is 18.0 Å². The van der Waals surface area contributed by atoms with Crippen LogP contribution in [0.5, 0.6) is 0 Å². The average molecular weight is 374 g/mol. The fourth-order valence-corrected chi connectivity index (χ4v) is 2.82. The molecule has 0 unspecified atom stereocenters. The van der Waals surface area contributed by atoms with Gasteiger partial charge in [-0.15, -0.1) is 0 Å². The number of hydrogen-bond acceptors (Lipinski definition) is 3. The Morgan fingerprint density at radius 1 is 1.26 bits per heavy atom. The maximum absolute atomic E-state index is 12.7. The molecule has 0 bridgehead atoms. The van der Waals surface area contributed by atoms with Crippen LogP contribution in [0.15, 0.2) is 47.6 Å². The molecule has 2 aromatic carbocycles. The summed E-state index contributed by atoms with van der Waals surface area (Å²) in [5.41, 5.74) is 3.77. The number of carbonyl (C=O) groups excluding carboxylic acids is 1. The van der Waals surface area contributed by atoms with Gasteiger partial charge in [-0.25, -0.2) is 10.4 Å². The molecule has 1 amide bonds. The van der Waals surface area contributed by atoms with Crippen molar-refractivity contribution < 1.29 is 18.0 Å². The van der Waals surface area contributed by atoms with Crippen LogP contribution in [-0.2, 0) is 12.7 Å². The van der Waals surface area contributed by atoms with Crippen molar-refractivity contribution in [2.75, 3.05) is 0 Å². The lowest BCUT2D eigenvalue weighted by Gasteiger charge is -2.06. The third-order valence-electron chi connectivity index (χ3n) is 4.11. The summed E-state index contributed by atoms with van der Waals surface area (Å²) in [6.07, 6.45) is -3.26. The molecule has 140 valence electrons. The van der Waals surface area contributed by atoms with Crippen LogP contribution in [0.4, 0.5) is 13.2 Å². The van der Waals surface area contributed by atoms with Crippen LogP contribution in [0.3, 0.4) is 0 Å². The highest BCUT2D eigenvalue weighted by Gasteiger charge is 2.30. The van der Waals surface area contributed by atoms with Gasteiger partial charge in [-0.2, -0.15) is 18.3 Å². The standard InChI is InChI=1S/C19H17F3N4O/c1-3-26-12(2)24-16-10-14(7-8-17(16)26)18(27)25-23-11-13-5-4-6-15(9-13)19(20,21)22/h4-11H,3H2,1-2H3,(H,25,27). The normalized spacial score (nSPS) is 12.0. The molecular formula is C19H17F3N4O. The molecule has 3 aromatic rings. The zero-order valence-corrected chi connectivity index (χ0v) is 14.7. The second kappa shape index (κ2) is 7.22. The number of halogens is 3. The fraction of sp³-hybridized carbons (Fsp3) is 0.211. The van der Waals surface area contributed by atoms with E-state index < -0.39 is 17.6 Å². The first-order chi connectivity index (χ1) is 12.8. The van der Waals surface area contributed by atoms with Crippen LogP contribution in [0.2, 0.25) is 0 Å². The summed E-state index contributed by atoms with van der Waals surface area (Å²) in [6.45, 7) is 4.68. The Bertz CT molecular complexity index is 1020. The van der Waals surface area contributed by atoms with Crippen molar-refractivity contribution >= 4 is 23.2 Å². The van der Waals surface area contributed by atoms with Crippen molar-refractivity contribution in [1.29, 1.82) is 0 Å². The van der Waals surface area contributed by atoms with E-state index in [1.165, 1.54) is 18.3 Å². The number of alkyl halides is 3. The minimum absolute atomic E-state index is 0.234. The predicted octanol–water partition coefficient (Wildman–Crippen LogP) is 4.15. The first-order valence-corrected chi connectivity index (χ1v) is 8.27. The van der Waals surface area contributed by atoms with Gasteiger partial charge in [-0.1, -0.05) is 12.1 Å². The lowest BCUT2D eigenvalue weighted by atomic mass is 10.1. The van der Waals surface area contributed by atoms with Gasteiger partial charge in [0.25, 0.3) is 5.91 Å². The maximum Gasteiger partial charge on any atom is 0.416 e. The van der Waals surface area contributed by atoms with Crippen LogP contribution < -0.4 is 5.43 Å². The van der Waals surface area contributed by atoms with E-state index in [0.717, 1.165) is 30.0 Å². The highest BCUT2D eigenvalue weighted by Crippen LogP contribution is 2.29. The number of nitrogens with one attached hydrogen (secondary N) is 1. The Labute approximate surface area is 153 Å². The first-order valence-electron chi connectivity index (χ1n) is 8.27. The molecular weight excluding hydrogens is 357 g/mol. The van der Waals surface area contributed by atoms with E-state index in [2.05, 4.69) is 15.5 Å². The molecule has 1 N–H and O–H groups in total. The Morgan fingerprint density at radius 2 is 2.04 bits per heavy atom. The van der Waals surface area contributed by atoms with E-state index in [1.54, 1.807) is 12.1 Å². The van der Waals surface area contributed by atoms with E-state index in [1.807, 2.05) is 24.5 Å². The fourth-order valence-electron chi connectivity index (χ4n) is 2.82. The Balaban J connectivity index is 1.74. The van der Waals surface area contributed by atoms with Crippen LogP contribution in [0.1, 0.15) is 34.2 Å². The summed E-state index contributed by atoms with van der Waals surface area (Å²) in [5.74, 6) is 0.386. The van der Waals surface area contributed by atoms with E-state index >= 15 is 0 Å². The van der Waals surface area contributed by atoms with Crippen molar-refractivity contribution in [2.24, 2.45) is 5.10 Å². The highest BCUT2D eigenvalue weighted by molar-refractivity contribution is 5.97. The molecule has 0 aliphatic carbocycles. The van der Waals surface area contributed by atoms with Gasteiger partial charge in [0.2, 0.25) is 0 Å². The summed E-state index contributed by atoms with van der Waals surface area (Å²) in [7, 11) is 0. The van der Waals surface area contributed by atoms with Gasteiger partial charge in [0, 0.05) is 12.1 Å². The number of amides is 1. The number of hydrogen-bond donors (Lipinski definition) is 1. The molecule has 27 heavy (non-hydrogen) atoms. The van der Waals surface area contributed by atoms with Gasteiger partial charge < -0.3 is 4.57 Å². The van der Waals surface area contributed by atoms with E-state index in [-0.39, 0.29) is 5.56 Å². The third kappa shape index (κ3) is 3.99. The zero-order valence-electron chi connectivity index (χ0n) is 14.7. The van der Waals surface area contributed by atoms with Crippen LogP contribution in [-0.4, -0.2) is 21.7 Å². The largest absolute Gasteiger partial charge is 0.416 e. The topological polar surface area (TPSA) is 59.3 Å². The number of nitrogens with zero attached hydrogens (tertiary/aromatic N) is 3. The van der Waals surface area contributed by atoms with E-state index in [4.69, 9.17) is 0 Å². The molecule has 0 fully saturated rings. The summed E-state index contributed by atoms with van der Waals surface area (Å²) in [4.78, 5) is 16.7. The van der Waals surface area contributed by atoms with Gasteiger partial charge in [-0.3, -0.25) is 4.79 Å². The van der Waals surface area contributed by atoms with Crippen molar-refractivity contribution in [1.82, 2.24) is 15.0 Å². The number of aryl methyl sites for hydroxylation is 2. The quantitative estimate of drug-likeness (QED) is 0.551. The Kier molecular flexibility index (Phi) is 4.98. The van der Waals surface area contributed by atoms with Gasteiger partial charge >= 0.3 is 6.18 Å². The number of hydrazone groups is 1. The minimum Gasteiger partial charge on any atom is -0.329 e. The van der Waals surface area contributed by atoms with E-state index in [0.29, 0.717) is 11.1 Å². The molecule has 5 nitrogen and oxygen atoms in total. The molecule has 0 saturated carbocycles. The Morgan fingerprint density at radius 3 is 2.74 bits per heavy atom. The molecule has 8 heteroatoms. The molecule has 0 atom stereocenters. The number of rotatable bonds is 4. The second-order valence-corrected chi connectivity index (χ2v) is 5.93. The van der Waals surface area contributed by atoms with Gasteiger partial charge in [-0.05, 0) is 49.7 Å². The smallest absolute Gasteiger partial charge is 0.329 e. The summed E-state index contributed by atoms with van der Waals surface area (Å²) in [6, 6.07) is 9.81.